The van der Waals surface area contributed by atoms with Crippen molar-refractivity contribution in [2.24, 2.45) is 11.8 Å². The van der Waals surface area contributed by atoms with E-state index in [1.807, 2.05) is 6.92 Å². The van der Waals surface area contributed by atoms with Crippen LogP contribution in [0.3, 0.4) is 0 Å². The molecule has 1 amide bonds. The molecular formula is C11H21NO3. The highest BCUT2D eigenvalue weighted by Gasteiger charge is 2.16. The van der Waals surface area contributed by atoms with Crippen LogP contribution in [0.1, 0.15) is 40.5 Å². The highest BCUT2D eigenvalue weighted by atomic mass is 16.4. The van der Waals surface area contributed by atoms with Crippen molar-refractivity contribution in [2.75, 3.05) is 0 Å². The van der Waals surface area contributed by atoms with E-state index < -0.39 is 12.0 Å². The Balaban J connectivity index is 3.88. The third-order valence-electron chi connectivity index (χ3n) is 2.16. The lowest BCUT2D eigenvalue weighted by Crippen LogP contribution is -2.38. The van der Waals surface area contributed by atoms with Crippen molar-refractivity contribution < 1.29 is 14.7 Å². The van der Waals surface area contributed by atoms with Gasteiger partial charge in [-0.15, -0.1) is 0 Å². The number of aliphatic carboxylic acids is 1. The van der Waals surface area contributed by atoms with Crippen molar-refractivity contribution in [2.45, 2.75) is 46.6 Å². The third kappa shape index (κ3) is 6.94. The number of carboxylic acid groups (broad SMARTS) is 1. The van der Waals surface area contributed by atoms with Crippen LogP contribution in [0.2, 0.25) is 0 Å². The predicted molar refractivity (Wildman–Crippen MR) is 58.5 cm³/mol. The number of carbonyl (C=O) groups is 2. The highest BCUT2D eigenvalue weighted by molar-refractivity contribution is 5.83. The molecule has 0 radical (unpaired) electrons. The zero-order valence-corrected chi connectivity index (χ0v) is 9.91. The molecule has 0 aliphatic rings. The summed E-state index contributed by atoms with van der Waals surface area (Å²) in [6.45, 7) is 7.68. The van der Waals surface area contributed by atoms with E-state index in [2.05, 4.69) is 19.2 Å². The molecule has 0 heterocycles. The van der Waals surface area contributed by atoms with E-state index in [0.717, 1.165) is 6.42 Å². The minimum absolute atomic E-state index is 0.182. The van der Waals surface area contributed by atoms with Crippen molar-refractivity contribution in [3.8, 4) is 0 Å². The van der Waals surface area contributed by atoms with Crippen molar-refractivity contribution >= 4 is 11.9 Å². The van der Waals surface area contributed by atoms with Gasteiger partial charge in [-0.1, -0.05) is 20.8 Å². The summed E-state index contributed by atoms with van der Waals surface area (Å²) in [5, 5.41) is 11.0. The van der Waals surface area contributed by atoms with Crippen molar-refractivity contribution in [3.63, 3.8) is 0 Å². The highest BCUT2D eigenvalue weighted by Crippen LogP contribution is 2.14. The quantitative estimate of drug-likeness (QED) is 0.708. The molecule has 0 rings (SSSR count). The van der Waals surface area contributed by atoms with E-state index in [1.165, 1.54) is 6.92 Å². The molecule has 2 atom stereocenters. The molecule has 0 aromatic carbocycles. The molecule has 0 aromatic heterocycles. The van der Waals surface area contributed by atoms with Gasteiger partial charge in [0.2, 0.25) is 5.91 Å². The average Bonchev–Trinajstić information content (AvgIpc) is 2.00. The largest absolute Gasteiger partial charge is 0.480 e. The zero-order chi connectivity index (χ0) is 12.0. The summed E-state index contributed by atoms with van der Waals surface area (Å²) in [6.07, 6.45) is 1.38. The third-order valence-corrected chi connectivity index (χ3v) is 2.16. The summed E-state index contributed by atoms with van der Waals surface area (Å²) in [6, 6.07) is -0.802. The summed E-state index contributed by atoms with van der Waals surface area (Å²) in [5.41, 5.74) is 0. The Morgan fingerprint density at radius 1 is 1.20 bits per heavy atom. The van der Waals surface area contributed by atoms with Gasteiger partial charge in [0.1, 0.15) is 6.04 Å². The van der Waals surface area contributed by atoms with Crippen LogP contribution in [0.5, 0.6) is 0 Å². The summed E-state index contributed by atoms with van der Waals surface area (Å²) >= 11 is 0. The molecule has 4 nitrogen and oxygen atoms in total. The fraction of sp³-hybridized carbons (Fsp3) is 0.818. The maximum atomic E-state index is 11.4. The summed E-state index contributed by atoms with van der Waals surface area (Å²) in [7, 11) is 0. The second-order valence-corrected chi connectivity index (χ2v) is 4.57. The van der Waals surface area contributed by atoms with Gasteiger partial charge >= 0.3 is 5.97 Å². The van der Waals surface area contributed by atoms with Gasteiger partial charge in [-0.05, 0) is 25.2 Å². The Morgan fingerprint density at radius 2 is 1.73 bits per heavy atom. The second-order valence-electron chi connectivity index (χ2n) is 4.57. The normalized spacial score (nSPS) is 14.7. The fourth-order valence-corrected chi connectivity index (χ4v) is 1.57. The number of hydrogen-bond donors (Lipinski definition) is 2. The minimum Gasteiger partial charge on any atom is -0.480 e. The molecule has 1 unspecified atom stereocenters. The first-order valence-corrected chi connectivity index (χ1v) is 5.35. The van der Waals surface area contributed by atoms with E-state index in [4.69, 9.17) is 5.11 Å². The summed E-state index contributed by atoms with van der Waals surface area (Å²) in [4.78, 5) is 21.9. The van der Waals surface area contributed by atoms with E-state index in [9.17, 15) is 9.59 Å². The molecule has 0 aliphatic heterocycles. The lowest BCUT2D eigenvalue weighted by Gasteiger charge is -2.15. The summed E-state index contributed by atoms with van der Waals surface area (Å²) < 4.78 is 0. The lowest BCUT2D eigenvalue weighted by atomic mass is 9.96. The first-order chi connectivity index (χ1) is 6.82. The molecule has 0 fully saturated rings. The van der Waals surface area contributed by atoms with E-state index in [-0.39, 0.29) is 5.91 Å². The zero-order valence-electron chi connectivity index (χ0n) is 9.91. The van der Waals surface area contributed by atoms with Crippen LogP contribution >= 0.6 is 0 Å². The molecule has 0 saturated carbocycles. The monoisotopic (exact) mass is 215 g/mol. The van der Waals surface area contributed by atoms with Gasteiger partial charge in [0.05, 0.1) is 0 Å². The number of carbonyl (C=O) groups excluding carboxylic acids is 1. The Hall–Kier alpha value is -1.06. The van der Waals surface area contributed by atoms with Gasteiger partial charge in [0.25, 0.3) is 0 Å². The lowest BCUT2D eigenvalue weighted by molar-refractivity contribution is -0.141. The maximum absolute atomic E-state index is 11.4. The molecule has 0 aliphatic carbocycles. The smallest absolute Gasteiger partial charge is 0.325 e. The van der Waals surface area contributed by atoms with Gasteiger partial charge in [-0.3, -0.25) is 9.59 Å². The van der Waals surface area contributed by atoms with Crippen LogP contribution < -0.4 is 5.32 Å². The van der Waals surface area contributed by atoms with Gasteiger partial charge in [0.15, 0.2) is 0 Å². The molecule has 88 valence electrons. The molecular weight excluding hydrogens is 194 g/mol. The van der Waals surface area contributed by atoms with Crippen molar-refractivity contribution in [1.82, 2.24) is 5.32 Å². The Morgan fingerprint density at radius 3 is 2.13 bits per heavy atom. The van der Waals surface area contributed by atoms with Crippen LogP contribution in [-0.4, -0.2) is 23.0 Å². The van der Waals surface area contributed by atoms with Crippen LogP contribution in [0, 0.1) is 11.8 Å². The van der Waals surface area contributed by atoms with Gasteiger partial charge in [-0.2, -0.15) is 0 Å². The SMILES string of the molecule is CC(C)CC(C)CC(=O)N[C@@H](C)C(=O)O. The standard InChI is InChI=1S/C11H21NO3/c1-7(2)5-8(3)6-10(13)12-9(4)11(14)15/h7-9H,5-6H2,1-4H3,(H,12,13)(H,14,15)/t8?,9-/m0/s1. The number of carboxylic acids is 1. The van der Waals surface area contributed by atoms with E-state index in [0.29, 0.717) is 18.3 Å². The van der Waals surface area contributed by atoms with E-state index >= 15 is 0 Å². The van der Waals surface area contributed by atoms with Crippen LogP contribution in [0.4, 0.5) is 0 Å². The van der Waals surface area contributed by atoms with Gasteiger partial charge < -0.3 is 10.4 Å². The molecule has 0 bridgehead atoms. The second kappa shape index (κ2) is 6.43. The van der Waals surface area contributed by atoms with E-state index in [1.54, 1.807) is 0 Å². The average molecular weight is 215 g/mol. The van der Waals surface area contributed by atoms with Gasteiger partial charge in [0, 0.05) is 6.42 Å². The number of nitrogens with one attached hydrogen (secondary N) is 1. The first kappa shape index (κ1) is 13.9. The van der Waals surface area contributed by atoms with Crippen LogP contribution in [0.15, 0.2) is 0 Å². The number of rotatable bonds is 6. The predicted octanol–water partition coefficient (Wildman–Crippen LogP) is 1.65. The molecule has 15 heavy (non-hydrogen) atoms. The molecule has 0 aromatic rings. The summed E-state index contributed by atoms with van der Waals surface area (Å²) in [5.74, 6) is -0.325. The minimum atomic E-state index is -1.00. The molecule has 2 N–H and O–H groups in total. The molecule has 0 spiro atoms. The van der Waals surface area contributed by atoms with Gasteiger partial charge in [-0.25, -0.2) is 0 Å². The molecule has 0 saturated heterocycles. The number of hydrogen-bond acceptors (Lipinski definition) is 2. The van der Waals surface area contributed by atoms with Crippen LogP contribution in [-0.2, 0) is 9.59 Å². The Kier molecular flexibility index (Phi) is 5.97. The van der Waals surface area contributed by atoms with Crippen molar-refractivity contribution in [3.05, 3.63) is 0 Å². The fourth-order valence-electron chi connectivity index (χ4n) is 1.57. The van der Waals surface area contributed by atoms with Crippen molar-refractivity contribution in [1.29, 1.82) is 0 Å². The topological polar surface area (TPSA) is 66.4 Å². The maximum Gasteiger partial charge on any atom is 0.325 e. The first-order valence-electron chi connectivity index (χ1n) is 5.35. The Bertz CT molecular complexity index is 226. The van der Waals surface area contributed by atoms with Crippen LogP contribution in [0.25, 0.3) is 0 Å². The Labute approximate surface area is 91.1 Å². The number of amides is 1. The molecule has 4 heteroatoms.